The minimum absolute atomic E-state index is 0.148. The molecule has 10 heteroatoms. The van der Waals surface area contributed by atoms with Gasteiger partial charge in [0, 0.05) is 30.7 Å². The van der Waals surface area contributed by atoms with Crippen molar-refractivity contribution < 1.29 is 17.9 Å². The van der Waals surface area contributed by atoms with E-state index in [0.717, 1.165) is 40.7 Å². The largest absolute Gasteiger partial charge is 0.379 e. The van der Waals surface area contributed by atoms with Gasteiger partial charge < -0.3 is 4.74 Å². The van der Waals surface area contributed by atoms with Gasteiger partial charge in [0.2, 0.25) is 5.91 Å². The summed E-state index contributed by atoms with van der Waals surface area (Å²) in [4.78, 5) is 21.8. The molecule has 0 atom stereocenters. The Morgan fingerprint density at radius 1 is 1.16 bits per heavy atom. The number of benzene rings is 2. The molecule has 0 aliphatic carbocycles. The first-order valence-electron chi connectivity index (χ1n) is 10.4. The van der Waals surface area contributed by atoms with Gasteiger partial charge >= 0.3 is 0 Å². The zero-order valence-electron chi connectivity index (χ0n) is 17.4. The van der Waals surface area contributed by atoms with Crippen molar-refractivity contribution in [3.05, 3.63) is 53.0 Å². The molecule has 1 fully saturated rings. The molecule has 0 radical (unpaired) electrons. The van der Waals surface area contributed by atoms with E-state index in [1.807, 2.05) is 18.2 Å². The Morgan fingerprint density at radius 2 is 1.91 bits per heavy atom. The average Bonchev–Trinajstić information content (AvgIpc) is 3.20. The molecule has 170 valence electrons. The number of hydrogen-bond donors (Lipinski definition) is 0. The number of rotatable bonds is 8. The van der Waals surface area contributed by atoms with Crippen molar-refractivity contribution in [1.82, 2.24) is 9.88 Å². The standard InChI is InChI=1S/C22H24BrN3O4S2/c23-17-7-8-19-20(15-17)31-22(24-19)26(10-4-9-25-11-13-30-14-12-25)21(27)16-32(28,29)18-5-2-1-3-6-18/h1-3,5-8,15H,4,9-14,16H2. The Bertz CT molecular complexity index is 1180. The van der Waals surface area contributed by atoms with E-state index in [1.165, 1.54) is 28.4 Å². The van der Waals surface area contributed by atoms with Crippen LogP contribution in [0.5, 0.6) is 0 Å². The zero-order chi connectivity index (χ0) is 22.6. The number of ether oxygens (including phenoxy) is 1. The van der Waals surface area contributed by atoms with E-state index in [4.69, 9.17) is 4.74 Å². The van der Waals surface area contributed by atoms with Crippen LogP contribution < -0.4 is 4.90 Å². The molecule has 32 heavy (non-hydrogen) atoms. The molecule has 1 aliphatic heterocycles. The number of morpholine rings is 1. The quantitative estimate of drug-likeness (QED) is 0.436. The maximum atomic E-state index is 13.2. The third kappa shape index (κ3) is 5.74. The summed E-state index contributed by atoms with van der Waals surface area (Å²) in [7, 11) is -3.74. The lowest BCUT2D eigenvalue weighted by Gasteiger charge is -2.27. The molecule has 0 spiro atoms. The Labute approximate surface area is 200 Å². The Morgan fingerprint density at radius 3 is 2.66 bits per heavy atom. The number of aromatic nitrogens is 1. The van der Waals surface area contributed by atoms with Crippen molar-refractivity contribution in [1.29, 1.82) is 0 Å². The number of nitrogens with zero attached hydrogens (tertiary/aromatic N) is 3. The van der Waals surface area contributed by atoms with Gasteiger partial charge in [-0.05, 0) is 36.8 Å². The minimum Gasteiger partial charge on any atom is -0.379 e. The van der Waals surface area contributed by atoms with Gasteiger partial charge in [-0.3, -0.25) is 14.6 Å². The molecule has 3 aromatic rings. The molecule has 1 aliphatic rings. The molecule has 2 heterocycles. The predicted octanol–water partition coefficient (Wildman–Crippen LogP) is 3.59. The van der Waals surface area contributed by atoms with Crippen LogP contribution in [0.4, 0.5) is 5.13 Å². The van der Waals surface area contributed by atoms with Gasteiger partial charge in [-0.1, -0.05) is 45.5 Å². The minimum atomic E-state index is -3.74. The highest BCUT2D eigenvalue weighted by Crippen LogP contribution is 2.31. The van der Waals surface area contributed by atoms with Crippen LogP contribution in [0.15, 0.2) is 57.9 Å². The fraction of sp³-hybridized carbons (Fsp3) is 0.364. The summed E-state index contributed by atoms with van der Waals surface area (Å²) in [5, 5.41) is 0.522. The first kappa shape index (κ1) is 23.3. The second-order valence-electron chi connectivity index (χ2n) is 7.53. The highest BCUT2D eigenvalue weighted by Gasteiger charge is 2.26. The second-order valence-corrected chi connectivity index (χ2v) is 11.4. The molecule has 0 N–H and O–H groups in total. The van der Waals surface area contributed by atoms with Gasteiger partial charge in [0.25, 0.3) is 0 Å². The molecule has 7 nitrogen and oxygen atoms in total. The van der Waals surface area contributed by atoms with Crippen LogP contribution in [0.25, 0.3) is 10.2 Å². The van der Waals surface area contributed by atoms with Crippen molar-refractivity contribution in [2.75, 3.05) is 50.0 Å². The van der Waals surface area contributed by atoms with Crippen molar-refractivity contribution in [3.63, 3.8) is 0 Å². The Balaban J connectivity index is 1.54. The summed E-state index contributed by atoms with van der Waals surface area (Å²) in [6, 6.07) is 13.8. The number of hydrogen-bond acceptors (Lipinski definition) is 7. The van der Waals surface area contributed by atoms with E-state index in [0.29, 0.717) is 24.9 Å². The van der Waals surface area contributed by atoms with Crippen LogP contribution in [0.2, 0.25) is 0 Å². The molecule has 0 unspecified atom stereocenters. The van der Waals surface area contributed by atoms with E-state index in [-0.39, 0.29) is 4.90 Å². The number of amides is 1. The molecule has 1 amide bonds. The first-order chi connectivity index (χ1) is 15.4. The zero-order valence-corrected chi connectivity index (χ0v) is 20.7. The summed E-state index contributed by atoms with van der Waals surface area (Å²) in [5.41, 5.74) is 0.782. The van der Waals surface area contributed by atoms with E-state index >= 15 is 0 Å². The molecular weight excluding hydrogens is 514 g/mol. The number of fused-ring (bicyclic) bond motifs is 1. The van der Waals surface area contributed by atoms with E-state index in [1.54, 1.807) is 18.2 Å². The highest BCUT2D eigenvalue weighted by molar-refractivity contribution is 9.10. The van der Waals surface area contributed by atoms with E-state index in [2.05, 4.69) is 25.8 Å². The van der Waals surface area contributed by atoms with E-state index in [9.17, 15) is 13.2 Å². The normalized spacial score (nSPS) is 15.2. The van der Waals surface area contributed by atoms with Crippen LogP contribution in [0, 0.1) is 0 Å². The number of halogens is 1. The maximum absolute atomic E-state index is 13.2. The SMILES string of the molecule is O=C(CS(=O)(=O)c1ccccc1)N(CCCN1CCOCC1)c1nc2ccc(Br)cc2s1. The topological polar surface area (TPSA) is 79.8 Å². The lowest BCUT2D eigenvalue weighted by Crippen LogP contribution is -2.40. The smallest absolute Gasteiger partial charge is 0.244 e. The van der Waals surface area contributed by atoms with Gasteiger partial charge in [-0.2, -0.15) is 0 Å². The molecule has 1 saturated heterocycles. The second kappa shape index (κ2) is 10.4. The number of carbonyl (C=O) groups is 1. The van der Waals surface area contributed by atoms with Crippen LogP contribution in [-0.4, -0.2) is 69.4 Å². The van der Waals surface area contributed by atoms with E-state index < -0.39 is 21.5 Å². The molecular formula is C22H24BrN3O4S2. The Kier molecular flexibility index (Phi) is 7.57. The lowest BCUT2D eigenvalue weighted by molar-refractivity contribution is -0.116. The lowest BCUT2D eigenvalue weighted by atomic mass is 10.3. The Hall–Kier alpha value is -1.85. The monoisotopic (exact) mass is 537 g/mol. The predicted molar refractivity (Wildman–Crippen MR) is 130 cm³/mol. The number of thiazole rings is 1. The van der Waals surface area contributed by atoms with Crippen molar-refractivity contribution >= 4 is 58.4 Å². The maximum Gasteiger partial charge on any atom is 0.244 e. The summed E-state index contributed by atoms with van der Waals surface area (Å²) in [5.74, 6) is -1.05. The van der Waals surface area contributed by atoms with Crippen molar-refractivity contribution in [3.8, 4) is 0 Å². The van der Waals surface area contributed by atoms with Crippen LogP contribution >= 0.6 is 27.3 Å². The van der Waals surface area contributed by atoms with Crippen LogP contribution in [0.3, 0.4) is 0 Å². The highest BCUT2D eigenvalue weighted by atomic mass is 79.9. The average molecular weight is 538 g/mol. The van der Waals surface area contributed by atoms with Crippen molar-refractivity contribution in [2.24, 2.45) is 0 Å². The molecule has 0 saturated carbocycles. The number of sulfone groups is 1. The summed E-state index contributed by atoms with van der Waals surface area (Å²) in [6.07, 6.45) is 0.719. The molecule has 2 aromatic carbocycles. The number of anilines is 1. The summed E-state index contributed by atoms with van der Waals surface area (Å²) >= 11 is 4.85. The van der Waals surface area contributed by atoms with Crippen LogP contribution in [-0.2, 0) is 19.4 Å². The molecule has 1 aromatic heterocycles. The summed E-state index contributed by atoms with van der Waals surface area (Å²) in [6.45, 7) is 4.38. The van der Waals surface area contributed by atoms with Crippen molar-refractivity contribution in [2.45, 2.75) is 11.3 Å². The van der Waals surface area contributed by atoms with Gasteiger partial charge in [0.1, 0.15) is 5.75 Å². The fourth-order valence-electron chi connectivity index (χ4n) is 3.56. The first-order valence-corrected chi connectivity index (χ1v) is 13.6. The third-order valence-electron chi connectivity index (χ3n) is 5.25. The fourth-order valence-corrected chi connectivity index (χ4v) is 6.34. The third-order valence-corrected chi connectivity index (χ3v) is 8.40. The summed E-state index contributed by atoms with van der Waals surface area (Å²) < 4.78 is 32.9. The number of carbonyl (C=O) groups excluding carboxylic acids is 1. The van der Waals surface area contributed by atoms with Crippen LogP contribution in [0.1, 0.15) is 6.42 Å². The van der Waals surface area contributed by atoms with Gasteiger partial charge in [0.15, 0.2) is 15.0 Å². The van der Waals surface area contributed by atoms with Gasteiger partial charge in [-0.25, -0.2) is 13.4 Å². The molecule has 0 bridgehead atoms. The van der Waals surface area contributed by atoms with Gasteiger partial charge in [-0.15, -0.1) is 0 Å². The van der Waals surface area contributed by atoms with Gasteiger partial charge in [0.05, 0.1) is 28.3 Å². The molecule has 4 rings (SSSR count).